The van der Waals surface area contributed by atoms with Crippen molar-refractivity contribution >= 4 is 5.91 Å². The molecule has 4 nitrogen and oxygen atoms in total. The lowest BCUT2D eigenvalue weighted by Crippen LogP contribution is -2.48. The topological polar surface area (TPSA) is 41.6 Å². The van der Waals surface area contributed by atoms with Crippen LogP contribution in [0.3, 0.4) is 0 Å². The van der Waals surface area contributed by atoms with Crippen molar-refractivity contribution in [2.45, 2.75) is 70.7 Å². The van der Waals surface area contributed by atoms with Gasteiger partial charge >= 0.3 is 0 Å². The first-order valence-corrected chi connectivity index (χ1v) is 7.45. The summed E-state index contributed by atoms with van der Waals surface area (Å²) >= 11 is 0. The molecule has 4 heteroatoms. The SMILES string of the molecule is COC(C)(C)CN1C(=O)C2(CCCC2)NC1C(C)C. The van der Waals surface area contributed by atoms with Crippen molar-refractivity contribution in [3.63, 3.8) is 0 Å². The van der Waals surface area contributed by atoms with E-state index in [1.165, 1.54) is 0 Å². The fraction of sp³-hybridized carbons (Fsp3) is 0.933. The van der Waals surface area contributed by atoms with Gasteiger partial charge in [-0.15, -0.1) is 0 Å². The highest BCUT2D eigenvalue weighted by Gasteiger charge is 2.53. The van der Waals surface area contributed by atoms with E-state index in [9.17, 15) is 4.79 Å². The lowest BCUT2D eigenvalue weighted by molar-refractivity contribution is -0.137. The molecule has 1 atom stereocenters. The van der Waals surface area contributed by atoms with Crippen LogP contribution in [0.5, 0.6) is 0 Å². The normalized spacial score (nSPS) is 26.9. The van der Waals surface area contributed by atoms with Crippen molar-refractivity contribution < 1.29 is 9.53 Å². The lowest BCUT2D eigenvalue weighted by atomic mass is 9.97. The molecule has 1 unspecified atom stereocenters. The molecule has 1 heterocycles. The Kier molecular flexibility index (Phi) is 3.94. The minimum absolute atomic E-state index is 0.139. The molecule has 1 spiro atoms. The van der Waals surface area contributed by atoms with Crippen LogP contribution in [0.2, 0.25) is 0 Å². The summed E-state index contributed by atoms with van der Waals surface area (Å²) in [6, 6.07) is 0. The van der Waals surface area contributed by atoms with Crippen molar-refractivity contribution in [3.05, 3.63) is 0 Å². The number of methoxy groups -OCH3 is 1. The van der Waals surface area contributed by atoms with Crippen LogP contribution in [-0.4, -0.2) is 41.8 Å². The molecule has 19 heavy (non-hydrogen) atoms. The molecule has 2 fully saturated rings. The monoisotopic (exact) mass is 268 g/mol. The zero-order valence-corrected chi connectivity index (χ0v) is 13.0. The average Bonchev–Trinajstić information content (AvgIpc) is 2.91. The molecular formula is C15H28N2O2. The van der Waals surface area contributed by atoms with Gasteiger partial charge in [0.1, 0.15) is 0 Å². The van der Waals surface area contributed by atoms with Crippen molar-refractivity contribution in [2.24, 2.45) is 5.92 Å². The van der Waals surface area contributed by atoms with Gasteiger partial charge in [0.15, 0.2) is 0 Å². The van der Waals surface area contributed by atoms with Crippen LogP contribution < -0.4 is 5.32 Å². The standard InChI is InChI=1S/C15H28N2O2/c1-11(2)12-16-15(8-6-7-9-15)13(18)17(12)10-14(3,4)19-5/h11-12,16H,6-10H2,1-5H3. The number of nitrogens with one attached hydrogen (secondary N) is 1. The van der Waals surface area contributed by atoms with Crippen molar-refractivity contribution in [3.8, 4) is 0 Å². The summed E-state index contributed by atoms with van der Waals surface area (Å²) in [6.07, 6.45) is 4.42. The van der Waals surface area contributed by atoms with Gasteiger partial charge in [0.05, 0.1) is 23.9 Å². The highest BCUT2D eigenvalue weighted by molar-refractivity contribution is 5.89. The van der Waals surface area contributed by atoms with E-state index in [1.54, 1.807) is 7.11 Å². The van der Waals surface area contributed by atoms with E-state index < -0.39 is 0 Å². The zero-order chi connectivity index (χ0) is 14.3. The summed E-state index contributed by atoms with van der Waals surface area (Å²) in [5, 5.41) is 3.63. The highest BCUT2D eigenvalue weighted by atomic mass is 16.5. The minimum atomic E-state index is -0.297. The largest absolute Gasteiger partial charge is 0.377 e. The Labute approximate surface area is 116 Å². The number of hydrogen-bond donors (Lipinski definition) is 1. The number of nitrogens with zero attached hydrogens (tertiary/aromatic N) is 1. The van der Waals surface area contributed by atoms with E-state index in [0.717, 1.165) is 25.7 Å². The maximum atomic E-state index is 12.8. The number of rotatable bonds is 4. The molecule has 1 saturated heterocycles. The molecule has 0 aromatic carbocycles. The molecule has 110 valence electrons. The second kappa shape index (κ2) is 5.06. The third-order valence-electron chi connectivity index (χ3n) is 4.62. The van der Waals surface area contributed by atoms with E-state index in [0.29, 0.717) is 12.5 Å². The number of ether oxygens (including phenoxy) is 1. The number of carbonyl (C=O) groups excluding carboxylic acids is 1. The van der Waals surface area contributed by atoms with E-state index >= 15 is 0 Å². The molecule has 2 rings (SSSR count). The maximum Gasteiger partial charge on any atom is 0.244 e. The Morgan fingerprint density at radius 3 is 2.47 bits per heavy atom. The maximum absolute atomic E-state index is 12.8. The van der Waals surface area contributed by atoms with Crippen LogP contribution >= 0.6 is 0 Å². The average molecular weight is 268 g/mol. The summed E-state index contributed by atoms with van der Waals surface area (Å²) in [6.45, 7) is 9.08. The van der Waals surface area contributed by atoms with E-state index in [-0.39, 0.29) is 23.2 Å². The molecule has 2 aliphatic rings. The molecule has 1 amide bonds. The minimum Gasteiger partial charge on any atom is -0.377 e. The molecule has 1 aliphatic carbocycles. The third kappa shape index (κ3) is 2.65. The first-order valence-electron chi connectivity index (χ1n) is 7.45. The van der Waals surface area contributed by atoms with Crippen molar-refractivity contribution in [1.29, 1.82) is 0 Å². The van der Waals surface area contributed by atoms with Crippen LogP contribution in [0, 0.1) is 5.92 Å². The molecule has 0 aromatic heterocycles. The van der Waals surface area contributed by atoms with Crippen LogP contribution in [-0.2, 0) is 9.53 Å². The van der Waals surface area contributed by atoms with Gasteiger partial charge in [0, 0.05) is 7.11 Å². The Bertz CT molecular complexity index is 346. The number of hydrogen-bond acceptors (Lipinski definition) is 3. The second-order valence-corrected chi connectivity index (χ2v) is 7.02. The van der Waals surface area contributed by atoms with Gasteiger partial charge < -0.3 is 9.64 Å². The summed E-state index contributed by atoms with van der Waals surface area (Å²) in [5.74, 6) is 0.699. The summed E-state index contributed by atoms with van der Waals surface area (Å²) < 4.78 is 5.51. The lowest BCUT2D eigenvalue weighted by Gasteiger charge is -2.34. The van der Waals surface area contributed by atoms with Gasteiger partial charge in [-0.2, -0.15) is 0 Å². The predicted octanol–water partition coefficient (Wildman–Crippen LogP) is 2.14. The molecular weight excluding hydrogens is 240 g/mol. The van der Waals surface area contributed by atoms with Gasteiger partial charge in [-0.25, -0.2) is 0 Å². The molecule has 1 N–H and O–H groups in total. The Morgan fingerprint density at radius 1 is 1.42 bits per heavy atom. The summed E-state index contributed by atoms with van der Waals surface area (Å²) in [4.78, 5) is 14.9. The fourth-order valence-electron chi connectivity index (χ4n) is 3.33. The number of carbonyl (C=O) groups is 1. The summed E-state index contributed by atoms with van der Waals surface area (Å²) in [7, 11) is 1.71. The van der Waals surface area contributed by atoms with E-state index in [4.69, 9.17) is 4.74 Å². The molecule has 1 aliphatic heterocycles. The third-order valence-corrected chi connectivity index (χ3v) is 4.62. The van der Waals surface area contributed by atoms with Gasteiger partial charge in [0.2, 0.25) is 5.91 Å². The Hall–Kier alpha value is -0.610. The highest BCUT2D eigenvalue weighted by Crippen LogP contribution is 2.38. The van der Waals surface area contributed by atoms with Gasteiger partial charge in [-0.1, -0.05) is 26.7 Å². The molecule has 0 aromatic rings. The quantitative estimate of drug-likeness (QED) is 0.849. The molecule has 0 bridgehead atoms. The molecule has 1 saturated carbocycles. The van der Waals surface area contributed by atoms with E-state index in [1.807, 2.05) is 18.7 Å². The van der Waals surface area contributed by atoms with Gasteiger partial charge in [-0.05, 0) is 32.6 Å². The Morgan fingerprint density at radius 2 is 2.00 bits per heavy atom. The smallest absolute Gasteiger partial charge is 0.244 e. The first kappa shape index (κ1) is 14.8. The summed E-state index contributed by atoms with van der Waals surface area (Å²) in [5.41, 5.74) is -0.576. The van der Waals surface area contributed by atoms with Gasteiger partial charge in [-0.3, -0.25) is 10.1 Å². The molecule has 0 radical (unpaired) electrons. The van der Waals surface area contributed by atoms with Crippen molar-refractivity contribution in [1.82, 2.24) is 10.2 Å². The van der Waals surface area contributed by atoms with Crippen LogP contribution in [0.4, 0.5) is 0 Å². The predicted molar refractivity (Wildman–Crippen MR) is 75.8 cm³/mol. The van der Waals surface area contributed by atoms with Crippen molar-refractivity contribution in [2.75, 3.05) is 13.7 Å². The number of amides is 1. The van der Waals surface area contributed by atoms with Gasteiger partial charge in [0.25, 0.3) is 0 Å². The van der Waals surface area contributed by atoms with Crippen LogP contribution in [0.1, 0.15) is 53.4 Å². The van der Waals surface area contributed by atoms with E-state index in [2.05, 4.69) is 19.2 Å². The zero-order valence-electron chi connectivity index (χ0n) is 13.0. The fourth-order valence-corrected chi connectivity index (χ4v) is 3.33. The second-order valence-electron chi connectivity index (χ2n) is 7.02. The first-order chi connectivity index (χ1) is 8.81. The van der Waals surface area contributed by atoms with Crippen LogP contribution in [0.15, 0.2) is 0 Å². The van der Waals surface area contributed by atoms with Crippen LogP contribution in [0.25, 0.3) is 0 Å². The Balaban J connectivity index is 2.21.